The summed E-state index contributed by atoms with van der Waals surface area (Å²) in [6.07, 6.45) is 0.811. The number of hydrogen-bond acceptors (Lipinski definition) is 4. The highest BCUT2D eigenvalue weighted by Gasteiger charge is 2.15. The number of aryl methyl sites for hydroxylation is 1. The molecule has 0 saturated carbocycles. The van der Waals surface area contributed by atoms with E-state index < -0.39 is 0 Å². The lowest BCUT2D eigenvalue weighted by Crippen LogP contribution is -2.07. The van der Waals surface area contributed by atoms with Crippen molar-refractivity contribution in [2.75, 3.05) is 0 Å². The van der Waals surface area contributed by atoms with Gasteiger partial charge in [0.05, 0.1) is 11.4 Å². The van der Waals surface area contributed by atoms with E-state index in [9.17, 15) is 0 Å². The minimum atomic E-state index is 0.409. The van der Waals surface area contributed by atoms with Crippen LogP contribution in [-0.4, -0.2) is 15.0 Å². The van der Waals surface area contributed by atoms with E-state index in [0.717, 1.165) is 23.5 Å². The minimum absolute atomic E-state index is 0.409. The molecule has 0 atom stereocenters. The molecule has 5 heteroatoms. The first kappa shape index (κ1) is 13.0. The number of rotatable bonds is 4. The van der Waals surface area contributed by atoms with Crippen LogP contribution < -0.4 is 5.73 Å². The van der Waals surface area contributed by atoms with Crippen molar-refractivity contribution in [1.29, 1.82) is 0 Å². The summed E-state index contributed by atoms with van der Waals surface area (Å²) in [6, 6.07) is 12.4. The highest BCUT2D eigenvalue weighted by atomic mass is 32.1. The van der Waals surface area contributed by atoms with Gasteiger partial charge in [0.25, 0.3) is 0 Å². The third kappa shape index (κ3) is 2.37. The maximum atomic E-state index is 5.80. The Hall–Kier alpha value is -1.98. The molecule has 0 aliphatic heterocycles. The molecule has 0 aliphatic carbocycles. The summed E-state index contributed by atoms with van der Waals surface area (Å²) >= 11 is 1.74. The highest BCUT2D eigenvalue weighted by molar-refractivity contribution is 7.09. The van der Waals surface area contributed by atoms with Gasteiger partial charge in [0.2, 0.25) is 0 Å². The molecule has 0 spiro atoms. The van der Waals surface area contributed by atoms with E-state index in [1.54, 1.807) is 11.3 Å². The molecule has 0 aliphatic rings. The first-order chi connectivity index (χ1) is 9.79. The second-order valence-corrected chi connectivity index (χ2v) is 5.67. The molecule has 4 nitrogen and oxygen atoms in total. The molecule has 3 aromatic rings. The molecule has 0 radical (unpaired) electrons. The fraction of sp³-hybridized carbons (Fsp3) is 0.200. The Morgan fingerprint density at radius 2 is 2.05 bits per heavy atom. The van der Waals surface area contributed by atoms with Gasteiger partial charge in [-0.15, -0.1) is 16.4 Å². The van der Waals surface area contributed by atoms with Crippen molar-refractivity contribution in [2.24, 2.45) is 5.73 Å². The Bertz CT molecular complexity index is 700. The van der Waals surface area contributed by atoms with Crippen molar-refractivity contribution in [3.8, 4) is 5.69 Å². The Labute approximate surface area is 121 Å². The van der Waals surface area contributed by atoms with Gasteiger partial charge in [-0.25, -0.2) is 4.68 Å². The van der Waals surface area contributed by atoms with Crippen LogP contribution in [0.1, 0.15) is 21.8 Å². The van der Waals surface area contributed by atoms with Gasteiger partial charge >= 0.3 is 0 Å². The molecule has 0 fully saturated rings. The number of aromatic nitrogens is 3. The molecule has 3 rings (SSSR count). The van der Waals surface area contributed by atoms with Gasteiger partial charge in [-0.3, -0.25) is 0 Å². The van der Waals surface area contributed by atoms with Crippen molar-refractivity contribution >= 4 is 11.3 Å². The fourth-order valence-corrected chi connectivity index (χ4v) is 2.95. The zero-order chi connectivity index (χ0) is 13.9. The predicted octanol–water partition coefficient (Wildman–Crippen LogP) is 2.69. The van der Waals surface area contributed by atoms with E-state index in [-0.39, 0.29) is 0 Å². The smallest absolute Gasteiger partial charge is 0.100 e. The van der Waals surface area contributed by atoms with Crippen LogP contribution >= 0.6 is 11.3 Å². The normalized spacial score (nSPS) is 10.9. The first-order valence-corrected chi connectivity index (χ1v) is 7.39. The van der Waals surface area contributed by atoms with Crippen LogP contribution in [0.2, 0.25) is 0 Å². The maximum absolute atomic E-state index is 5.80. The summed E-state index contributed by atoms with van der Waals surface area (Å²) in [6.45, 7) is 2.49. The number of para-hydroxylation sites is 1. The van der Waals surface area contributed by atoms with Crippen molar-refractivity contribution in [3.63, 3.8) is 0 Å². The molecule has 0 bridgehead atoms. The van der Waals surface area contributed by atoms with Crippen molar-refractivity contribution in [2.45, 2.75) is 19.9 Å². The first-order valence-electron chi connectivity index (χ1n) is 6.51. The Balaban J connectivity index is 2.08. The fourth-order valence-electron chi connectivity index (χ4n) is 2.24. The van der Waals surface area contributed by atoms with Gasteiger partial charge < -0.3 is 5.73 Å². The van der Waals surface area contributed by atoms with Crippen molar-refractivity contribution in [3.05, 3.63) is 63.6 Å². The zero-order valence-electron chi connectivity index (χ0n) is 11.3. The summed E-state index contributed by atoms with van der Waals surface area (Å²) in [5.74, 6) is 0. The molecule has 1 aromatic carbocycles. The number of thiophene rings is 1. The molecule has 20 heavy (non-hydrogen) atoms. The van der Waals surface area contributed by atoms with Crippen LogP contribution in [0.15, 0.2) is 41.8 Å². The van der Waals surface area contributed by atoms with Gasteiger partial charge in [0, 0.05) is 17.8 Å². The van der Waals surface area contributed by atoms with Gasteiger partial charge in [-0.2, -0.15) is 0 Å². The van der Waals surface area contributed by atoms with Crippen LogP contribution in [-0.2, 0) is 13.0 Å². The van der Waals surface area contributed by atoms with Crippen molar-refractivity contribution in [1.82, 2.24) is 15.0 Å². The summed E-state index contributed by atoms with van der Waals surface area (Å²) in [4.78, 5) is 1.29. The number of hydrogen-bond donors (Lipinski definition) is 1. The molecule has 0 unspecified atom stereocenters. The third-order valence-corrected chi connectivity index (χ3v) is 4.18. The largest absolute Gasteiger partial charge is 0.325 e. The van der Waals surface area contributed by atoms with E-state index >= 15 is 0 Å². The SMILES string of the molecule is Cc1ccccc1-n1nnc(CN)c1Cc1cccs1. The average molecular weight is 284 g/mol. The predicted molar refractivity (Wildman–Crippen MR) is 81.1 cm³/mol. The molecule has 0 amide bonds. The van der Waals surface area contributed by atoms with Gasteiger partial charge in [-0.1, -0.05) is 29.5 Å². The molecule has 102 valence electrons. The number of nitrogens with two attached hydrogens (primary N) is 1. The van der Waals surface area contributed by atoms with Gasteiger partial charge in [0.15, 0.2) is 0 Å². The van der Waals surface area contributed by atoms with Crippen LogP contribution in [0.3, 0.4) is 0 Å². The van der Waals surface area contributed by atoms with Crippen LogP contribution in [0.25, 0.3) is 5.69 Å². The van der Waals surface area contributed by atoms with E-state index in [0.29, 0.717) is 6.54 Å². The highest BCUT2D eigenvalue weighted by Crippen LogP contribution is 2.21. The Morgan fingerprint density at radius 1 is 1.20 bits per heavy atom. The number of benzene rings is 1. The van der Waals surface area contributed by atoms with Gasteiger partial charge in [-0.05, 0) is 30.0 Å². The van der Waals surface area contributed by atoms with E-state index in [1.165, 1.54) is 10.4 Å². The summed E-state index contributed by atoms with van der Waals surface area (Å²) < 4.78 is 1.91. The van der Waals surface area contributed by atoms with E-state index in [4.69, 9.17) is 5.73 Å². The lowest BCUT2D eigenvalue weighted by molar-refractivity contribution is 0.769. The lowest BCUT2D eigenvalue weighted by atomic mass is 10.1. The zero-order valence-corrected chi connectivity index (χ0v) is 12.1. The molecule has 0 saturated heterocycles. The summed E-state index contributed by atoms with van der Waals surface area (Å²) in [5.41, 5.74) is 9.97. The molecular formula is C15H16N4S. The quantitative estimate of drug-likeness (QED) is 0.801. The average Bonchev–Trinajstić information content (AvgIpc) is 3.10. The standard InChI is InChI=1S/C15H16N4S/c1-11-5-2-3-7-14(11)19-15(13(10-16)17-18-19)9-12-6-4-8-20-12/h2-8H,9-10,16H2,1H3. The Kier molecular flexibility index (Phi) is 3.62. The second-order valence-electron chi connectivity index (χ2n) is 4.64. The monoisotopic (exact) mass is 284 g/mol. The third-order valence-electron chi connectivity index (χ3n) is 3.30. The molecule has 2 N–H and O–H groups in total. The maximum Gasteiger partial charge on any atom is 0.100 e. The van der Waals surface area contributed by atoms with E-state index in [1.807, 2.05) is 16.8 Å². The molecular weight excluding hydrogens is 268 g/mol. The topological polar surface area (TPSA) is 56.7 Å². The van der Waals surface area contributed by atoms with Crippen molar-refractivity contribution < 1.29 is 0 Å². The van der Waals surface area contributed by atoms with Crippen LogP contribution in [0.5, 0.6) is 0 Å². The Morgan fingerprint density at radius 3 is 2.75 bits per heavy atom. The summed E-state index contributed by atoms with van der Waals surface area (Å²) in [7, 11) is 0. The van der Waals surface area contributed by atoms with E-state index in [2.05, 4.69) is 46.9 Å². The molecule has 2 aromatic heterocycles. The summed E-state index contributed by atoms with van der Waals surface area (Å²) in [5, 5.41) is 10.6. The van der Waals surface area contributed by atoms with Crippen LogP contribution in [0, 0.1) is 6.92 Å². The van der Waals surface area contributed by atoms with Crippen LogP contribution in [0.4, 0.5) is 0 Å². The molecule has 2 heterocycles. The minimum Gasteiger partial charge on any atom is -0.325 e. The second kappa shape index (κ2) is 5.56. The lowest BCUT2D eigenvalue weighted by Gasteiger charge is -2.09. The number of nitrogens with zero attached hydrogens (tertiary/aromatic N) is 3. The van der Waals surface area contributed by atoms with Gasteiger partial charge in [0.1, 0.15) is 5.69 Å².